The first kappa shape index (κ1) is 12.0. The fraction of sp³-hybridized carbons (Fsp3) is 0.500. The Balaban J connectivity index is 1.84. The van der Waals surface area contributed by atoms with Crippen molar-refractivity contribution in [2.45, 2.75) is 31.7 Å². The number of nitrogens with zero attached hydrogens (tertiary/aromatic N) is 2. The van der Waals surface area contributed by atoms with Gasteiger partial charge in [0, 0.05) is 12.1 Å². The average molecular weight is 257 g/mol. The number of rotatable bonds is 3. The van der Waals surface area contributed by atoms with Gasteiger partial charge >= 0.3 is 0 Å². The number of fused-ring (bicyclic) bond motifs is 2. The summed E-state index contributed by atoms with van der Waals surface area (Å²) in [6.45, 7) is 0. The van der Waals surface area contributed by atoms with Gasteiger partial charge < -0.3 is 5.32 Å². The molecule has 0 heterocycles. The van der Waals surface area contributed by atoms with Crippen molar-refractivity contribution in [1.82, 2.24) is 0 Å². The van der Waals surface area contributed by atoms with Crippen molar-refractivity contribution in [2.75, 3.05) is 5.32 Å². The van der Waals surface area contributed by atoms with E-state index in [0.717, 1.165) is 12.3 Å². The van der Waals surface area contributed by atoms with E-state index < -0.39 is 4.92 Å². The first-order chi connectivity index (χ1) is 9.17. The molecule has 19 heavy (non-hydrogen) atoms. The molecule has 0 amide bonds. The maximum Gasteiger partial charge on any atom is 0.293 e. The molecule has 1 N–H and O–H groups in total. The molecular weight excluding hydrogens is 242 g/mol. The third-order valence-corrected chi connectivity index (χ3v) is 4.40. The van der Waals surface area contributed by atoms with Gasteiger partial charge in [-0.1, -0.05) is 6.42 Å². The van der Waals surface area contributed by atoms with Crippen LogP contribution in [0.15, 0.2) is 18.2 Å². The zero-order valence-electron chi connectivity index (χ0n) is 10.5. The quantitative estimate of drug-likeness (QED) is 0.666. The van der Waals surface area contributed by atoms with E-state index in [1.165, 1.54) is 25.3 Å². The van der Waals surface area contributed by atoms with Gasteiger partial charge in [0.15, 0.2) is 0 Å². The fourth-order valence-electron chi connectivity index (χ4n) is 3.50. The largest absolute Gasteiger partial charge is 0.376 e. The molecule has 98 valence electrons. The smallest absolute Gasteiger partial charge is 0.293 e. The highest BCUT2D eigenvalue weighted by Crippen LogP contribution is 2.46. The van der Waals surface area contributed by atoms with Crippen LogP contribution in [0.5, 0.6) is 0 Å². The highest BCUT2D eigenvalue weighted by atomic mass is 16.6. The molecule has 2 bridgehead atoms. The second kappa shape index (κ2) is 4.54. The number of benzene rings is 1. The molecule has 5 heteroatoms. The Hall–Kier alpha value is -2.09. The Morgan fingerprint density at radius 3 is 2.79 bits per heavy atom. The first-order valence-electron chi connectivity index (χ1n) is 6.62. The standard InChI is InChI=1S/C14H15N3O2/c15-8-10-2-4-12(14(7-10)17(18)19)16-13-6-9-1-3-11(13)5-9/h2,4,7,9,11,13,16H,1,3,5-6H2. The third kappa shape index (κ3) is 2.14. The number of nitro groups is 1. The summed E-state index contributed by atoms with van der Waals surface area (Å²) in [5.74, 6) is 1.44. The lowest BCUT2D eigenvalue weighted by molar-refractivity contribution is -0.384. The van der Waals surface area contributed by atoms with Crippen molar-refractivity contribution < 1.29 is 4.92 Å². The van der Waals surface area contributed by atoms with Crippen molar-refractivity contribution in [3.63, 3.8) is 0 Å². The Bertz CT molecular complexity index is 564. The van der Waals surface area contributed by atoms with Crippen LogP contribution in [0.3, 0.4) is 0 Å². The van der Waals surface area contributed by atoms with Gasteiger partial charge in [0.1, 0.15) is 5.69 Å². The zero-order valence-corrected chi connectivity index (χ0v) is 10.5. The third-order valence-electron chi connectivity index (χ3n) is 4.40. The molecule has 0 radical (unpaired) electrons. The molecule has 1 aromatic carbocycles. The molecule has 3 rings (SSSR count). The minimum atomic E-state index is -0.420. The minimum Gasteiger partial charge on any atom is -0.376 e. The summed E-state index contributed by atoms with van der Waals surface area (Å²) in [5.41, 5.74) is 0.869. The van der Waals surface area contributed by atoms with Crippen molar-refractivity contribution in [3.8, 4) is 6.07 Å². The highest BCUT2D eigenvalue weighted by molar-refractivity contribution is 5.64. The summed E-state index contributed by atoms with van der Waals surface area (Å²) in [6.07, 6.45) is 4.90. The SMILES string of the molecule is N#Cc1ccc(NC2CC3CCC2C3)c([N+](=O)[O-])c1. The predicted octanol–water partition coefficient (Wildman–Crippen LogP) is 3.07. The number of hydrogen-bond donors (Lipinski definition) is 1. The number of nitriles is 1. The molecule has 1 aromatic rings. The second-order valence-electron chi connectivity index (χ2n) is 5.53. The van der Waals surface area contributed by atoms with Gasteiger partial charge in [0.05, 0.1) is 16.6 Å². The molecule has 0 spiro atoms. The number of hydrogen-bond acceptors (Lipinski definition) is 4. The zero-order chi connectivity index (χ0) is 13.4. The van der Waals surface area contributed by atoms with Gasteiger partial charge in [-0.3, -0.25) is 10.1 Å². The fourth-order valence-corrected chi connectivity index (χ4v) is 3.50. The van der Waals surface area contributed by atoms with Crippen molar-refractivity contribution in [3.05, 3.63) is 33.9 Å². The molecular formula is C14H15N3O2. The summed E-state index contributed by atoms with van der Waals surface area (Å²) in [5, 5.41) is 23.2. The van der Waals surface area contributed by atoms with Crippen LogP contribution in [0.2, 0.25) is 0 Å². The molecule has 0 aliphatic heterocycles. The minimum absolute atomic E-state index is 0.00169. The average Bonchev–Trinajstić information content (AvgIpc) is 3.01. The molecule has 2 saturated carbocycles. The van der Waals surface area contributed by atoms with Crippen LogP contribution in [0.25, 0.3) is 0 Å². The Morgan fingerprint density at radius 2 is 2.21 bits per heavy atom. The van der Waals surface area contributed by atoms with Gasteiger partial charge in [-0.2, -0.15) is 5.26 Å². The van der Waals surface area contributed by atoms with Crippen molar-refractivity contribution in [1.29, 1.82) is 5.26 Å². The van der Waals surface area contributed by atoms with E-state index in [2.05, 4.69) is 5.32 Å². The van der Waals surface area contributed by atoms with E-state index >= 15 is 0 Å². The van der Waals surface area contributed by atoms with E-state index in [1.807, 2.05) is 6.07 Å². The van der Waals surface area contributed by atoms with E-state index in [1.54, 1.807) is 12.1 Å². The van der Waals surface area contributed by atoms with Crippen LogP contribution < -0.4 is 5.32 Å². The number of anilines is 1. The molecule has 2 aliphatic carbocycles. The van der Waals surface area contributed by atoms with E-state index in [-0.39, 0.29) is 5.69 Å². The lowest BCUT2D eigenvalue weighted by Crippen LogP contribution is -2.26. The summed E-state index contributed by atoms with van der Waals surface area (Å²) in [4.78, 5) is 10.7. The maximum atomic E-state index is 11.1. The molecule has 3 unspecified atom stereocenters. The molecule has 0 aromatic heterocycles. The molecule has 0 saturated heterocycles. The summed E-state index contributed by atoms with van der Waals surface area (Å²) < 4.78 is 0. The van der Waals surface area contributed by atoms with Gasteiger partial charge in [0.2, 0.25) is 0 Å². The summed E-state index contributed by atoms with van der Waals surface area (Å²) >= 11 is 0. The lowest BCUT2D eigenvalue weighted by atomic mass is 9.95. The molecule has 5 nitrogen and oxygen atoms in total. The van der Waals surface area contributed by atoms with Crippen molar-refractivity contribution >= 4 is 11.4 Å². The molecule has 2 fully saturated rings. The highest BCUT2D eigenvalue weighted by Gasteiger charge is 2.40. The Morgan fingerprint density at radius 1 is 1.37 bits per heavy atom. The Labute approximate surface area is 111 Å². The predicted molar refractivity (Wildman–Crippen MR) is 70.7 cm³/mol. The van der Waals surface area contributed by atoms with Gasteiger partial charge in [-0.25, -0.2) is 0 Å². The van der Waals surface area contributed by atoms with Gasteiger partial charge in [0.25, 0.3) is 5.69 Å². The monoisotopic (exact) mass is 257 g/mol. The van der Waals surface area contributed by atoms with Gasteiger partial charge in [-0.15, -0.1) is 0 Å². The van der Waals surface area contributed by atoms with Crippen molar-refractivity contribution in [2.24, 2.45) is 11.8 Å². The summed E-state index contributed by atoms with van der Waals surface area (Å²) in [6, 6.07) is 6.92. The first-order valence-corrected chi connectivity index (χ1v) is 6.62. The van der Waals surface area contributed by atoms with Crippen LogP contribution in [0.4, 0.5) is 11.4 Å². The molecule has 2 aliphatic rings. The normalized spacial score (nSPS) is 28.1. The maximum absolute atomic E-state index is 11.1. The van der Waals surface area contributed by atoms with Crippen LogP contribution in [-0.2, 0) is 0 Å². The van der Waals surface area contributed by atoms with E-state index in [4.69, 9.17) is 5.26 Å². The summed E-state index contributed by atoms with van der Waals surface area (Å²) in [7, 11) is 0. The van der Waals surface area contributed by atoms with Crippen LogP contribution in [0, 0.1) is 33.3 Å². The van der Waals surface area contributed by atoms with Gasteiger partial charge in [-0.05, 0) is 43.2 Å². The van der Waals surface area contributed by atoms with E-state index in [9.17, 15) is 10.1 Å². The number of nitro benzene ring substituents is 1. The number of nitrogens with one attached hydrogen (secondary N) is 1. The van der Waals surface area contributed by atoms with Crippen LogP contribution in [0.1, 0.15) is 31.2 Å². The molecule has 3 atom stereocenters. The van der Waals surface area contributed by atoms with Crippen LogP contribution in [-0.4, -0.2) is 11.0 Å². The Kier molecular flexibility index (Phi) is 2.86. The van der Waals surface area contributed by atoms with Crippen LogP contribution >= 0.6 is 0 Å². The topological polar surface area (TPSA) is 79.0 Å². The lowest BCUT2D eigenvalue weighted by Gasteiger charge is -2.23. The van der Waals surface area contributed by atoms with E-state index in [0.29, 0.717) is 23.2 Å². The second-order valence-corrected chi connectivity index (χ2v) is 5.53.